The van der Waals surface area contributed by atoms with E-state index in [1.807, 2.05) is 13.0 Å². The summed E-state index contributed by atoms with van der Waals surface area (Å²) in [5.41, 5.74) is 7.86. The molecule has 1 saturated carbocycles. The van der Waals surface area contributed by atoms with Crippen molar-refractivity contribution >= 4 is 0 Å². The van der Waals surface area contributed by atoms with E-state index in [1.54, 1.807) is 0 Å². The van der Waals surface area contributed by atoms with Gasteiger partial charge in [-0.1, -0.05) is 44.1 Å². The second-order valence-electron chi connectivity index (χ2n) is 5.88. The number of nitrogens with two attached hydrogens (primary N) is 1. The Morgan fingerprint density at radius 2 is 1.95 bits per heavy atom. The van der Waals surface area contributed by atoms with Crippen LogP contribution in [-0.2, 0) is 0 Å². The molecule has 0 bridgehead atoms. The topological polar surface area (TPSA) is 50.1 Å². The quantitative estimate of drug-likeness (QED) is 0.428. The van der Waals surface area contributed by atoms with Crippen molar-refractivity contribution in [2.75, 3.05) is 26.2 Å². The van der Waals surface area contributed by atoms with Gasteiger partial charge in [0.15, 0.2) is 0 Å². The highest BCUT2D eigenvalue weighted by Crippen LogP contribution is 2.17. The van der Waals surface area contributed by atoms with E-state index in [-0.39, 0.29) is 0 Å². The van der Waals surface area contributed by atoms with Crippen molar-refractivity contribution in [3.63, 3.8) is 0 Å². The molecule has 0 aromatic heterocycles. The van der Waals surface area contributed by atoms with E-state index in [4.69, 9.17) is 5.73 Å². The van der Waals surface area contributed by atoms with Crippen LogP contribution in [0.1, 0.15) is 45.4 Å². The molecule has 1 rings (SSSR count). The summed E-state index contributed by atoms with van der Waals surface area (Å²) >= 11 is 0. The predicted octanol–water partition coefficient (Wildman–Crippen LogP) is 2.91. The first-order chi connectivity index (χ1) is 10.3. The van der Waals surface area contributed by atoms with Crippen LogP contribution in [0.3, 0.4) is 0 Å². The summed E-state index contributed by atoms with van der Waals surface area (Å²) in [6.45, 7) is 9.66. The molecule has 0 heterocycles. The van der Waals surface area contributed by atoms with Crippen LogP contribution >= 0.6 is 0 Å². The molecule has 1 aliphatic rings. The lowest BCUT2D eigenvalue weighted by molar-refractivity contribution is 0.371. The zero-order chi connectivity index (χ0) is 15.3. The van der Waals surface area contributed by atoms with Gasteiger partial charge >= 0.3 is 0 Å². The molecule has 4 N–H and O–H groups in total. The van der Waals surface area contributed by atoms with E-state index in [0.29, 0.717) is 6.54 Å². The molecule has 0 radical (unpaired) electrons. The van der Waals surface area contributed by atoms with E-state index in [1.165, 1.54) is 38.5 Å². The molecule has 0 aliphatic heterocycles. The van der Waals surface area contributed by atoms with Gasteiger partial charge in [-0.15, -0.1) is 0 Å². The summed E-state index contributed by atoms with van der Waals surface area (Å²) in [6, 6.07) is 0.771. The Hall–Kier alpha value is -0.900. The fourth-order valence-corrected chi connectivity index (χ4v) is 2.64. The standard InChI is InChI=1S/C18H33N3/c1-3-17(14-19)11-10-16(2)15-20-12-7-13-21-18-8-5-4-6-9-18/h3,10-11,18,20-21H,2,4-9,12-15,19H2,1H3/b11-10-,17-3+. The van der Waals surface area contributed by atoms with E-state index in [0.717, 1.165) is 36.8 Å². The average molecular weight is 291 g/mol. The fourth-order valence-electron chi connectivity index (χ4n) is 2.64. The van der Waals surface area contributed by atoms with Gasteiger partial charge in [-0.05, 0) is 50.4 Å². The summed E-state index contributed by atoms with van der Waals surface area (Å²) < 4.78 is 0. The minimum absolute atomic E-state index is 0.584. The van der Waals surface area contributed by atoms with Crippen molar-refractivity contribution < 1.29 is 0 Å². The Morgan fingerprint density at radius 1 is 1.19 bits per heavy atom. The Labute approximate surface area is 130 Å². The first-order valence-corrected chi connectivity index (χ1v) is 8.41. The van der Waals surface area contributed by atoms with Crippen LogP contribution in [0.4, 0.5) is 0 Å². The van der Waals surface area contributed by atoms with Crippen LogP contribution < -0.4 is 16.4 Å². The SMILES string of the molecule is C=C(/C=C\C(=C/C)CN)CNCCCNC1CCCCC1. The van der Waals surface area contributed by atoms with E-state index >= 15 is 0 Å². The minimum Gasteiger partial charge on any atom is -0.327 e. The van der Waals surface area contributed by atoms with Crippen molar-refractivity contribution in [1.82, 2.24) is 10.6 Å². The van der Waals surface area contributed by atoms with Gasteiger partial charge in [0.05, 0.1) is 0 Å². The molecule has 3 heteroatoms. The monoisotopic (exact) mass is 291 g/mol. The molecule has 0 saturated heterocycles. The zero-order valence-corrected chi connectivity index (χ0v) is 13.7. The lowest BCUT2D eigenvalue weighted by atomic mass is 9.95. The Kier molecular flexibility index (Phi) is 10.1. The molecule has 21 heavy (non-hydrogen) atoms. The van der Waals surface area contributed by atoms with Gasteiger partial charge in [0.2, 0.25) is 0 Å². The first kappa shape index (κ1) is 18.1. The summed E-state index contributed by atoms with van der Waals surface area (Å²) in [5, 5.41) is 7.11. The second kappa shape index (κ2) is 11.7. The molecular formula is C18H33N3. The van der Waals surface area contributed by atoms with Crippen LogP contribution in [0.25, 0.3) is 0 Å². The van der Waals surface area contributed by atoms with Crippen molar-refractivity contribution in [2.24, 2.45) is 5.73 Å². The molecular weight excluding hydrogens is 258 g/mol. The summed E-state index contributed by atoms with van der Waals surface area (Å²) in [6.07, 6.45) is 14.3. The third kappa shape index (κ3) is 8.86. The molecule has 0 aromatic carbocycles. The Bertz CT molecular complexity index is 338. The van der Waals surface area contributed by atoms with Gasteiger partial charge in [-0.25, -0.2) is 0 Å². The molecule has 0 unspecified atom stereocenters. The van der Waals surface area contributed by atoms with E-state index in [9.17, 15) is 0 Å². The molecule has 120 valence electrons. The third-order valence-corrected chi connectivity index (χ3v) is 4.06. The van der Waals surface area contributed by atoms with Crippen LogP contribution in [0.5, 0.6) is 0 Å². The molecule has 1 fully saturated rings. The van der Waals surface area contributed by atoms with Gasteiger partial charge in [-0.3, -0.25) is 0 Å². The number of hydrogen-bond donors (Lipinski definition) is 3. The Morgan fingerprint density at radius 3 is 2.62 bits per heavy atom. The number of nitrogens with one attached hydrogen (secondary N) is 2. The summed E-state index contributed by atoms with van der Waals surface area (Å²) in [4.78, 5) is 0. The van der Waals surface area contributed by atoms with Crippen LogP contribution in [0.2, 0.25) is 0 Å². The molecule has 0 spiro atoms. The molecule has 3 nitrogen and oxygen atoms in total. The lowest BCUT2D eigenvalue weighted by Gasteiger charge is -2.22. The summed E-state index contributed by atoms with van der Waals surface area (Å²) in [7, 11) is 0. The number of hydrogen-bond acceptors (Lipinski definition) is 3. The zero-order valence-electron chi connectivity index (χ0n) is 13.7. The highest BCUT2D eigenvalue weighted by atomic mass is 14.9. The highest BCUT2D eigenvalue weighted by Gasteiger charge is 2.11. The molecule has 0 atom stereocenters. The average Bonchev–Trinajstić information content (AvgIpc) is 2.52. The van der Waals surface area contributed by atoms with Crippen molar-refractivity contribution in [3.8, 4) is 0 Å². The van der Waals surface area contributed by atoms with Crippen LogP contribution in [0, 0.1) is 0 Å². The normalized spacial score (nSPS) is 17.5. The van der Waals surface area contributed by atoms with Crippen molar-refractivity contribution in [2.45, 2.75) is 51.5 Å². The highest BCUT2D eigenvalue weighted by molar-refractivity contribution is 5.27. The van der Waals surface area contributed by atoms with E-state index < -0.39 is 0 Å². The number of allylic oxidation sites excluding steroid dienone is 1. The summed E-state index contributed by atoms with van der Waals surface area (Å²) in [5.74, 6) is 0. The fraction of sp³-hybridized carbons (Fsp3) is 0.667. The molecule has 0 aromatic rings. The van der Waals surface area contributed by atoms with Crippen molar-refractivity contribution in [1.29, 1.82) is 0 Å². The first-order valence-electron chi connectivity index (χ1n) is 8.41. The van der Waals surface area contributed by atoms with Gasteiger partial charge in [0, 0.05) is 19.1 Å². The largest absolute Gasteiger partial charge is 0.327 e. The molecule has 1 aliphatic carbocycles. The lowest BCUT2D eigenvalue weighted by Crippen LogP contribution is -2.33. The maximum Gasteiger partial charge on any atom is 0.0199 e. The Balaban J connectivity index is 1.99. The maximum atomic E-state index is 5.61. The number of rotatable bonds is 10. The smallest absolute Gasteiger partial charge is 0.0199 e. The van der Waals surface area contributed by atoms with Crippen LogP contribution in [-0.4, -0.2) is 32.2 Å². The molecule has 0 amide bonds. The third-order valence-electron chi connectivity index (χ3n) is 4.06. The van der Waals surface area contributed by atoms with Gasteiger partial charge < -0.3 is 16.4 Å². The van der Waals surface area contributed by atoms with Gasteiger partial charge in [0.25, 0.3) is 0 Å². The predicted molar refractivity (Wildman–Crippen MR) is 93.5 cm³/mol. The van der Waals surface area contributed by atoms with Gasteiger partial charge in [-0.2, -0.15) is 0 Å². The maximum absolute atomic E-state index is 5.61. The van der Waals surface area contributed by atoms with E-state index in [2.05, 4.69) is 29.4 Å². The minimum atomic E-state index is 0.584. The second-order valence-corrected chi connectivity index (χ2v) is 5.88. The van der Waals surface area contributed by atoms with Crippen molar-refractivity contribution in [3.05, 3.63) is 36.0 Å². The van der Waals surface area contributed by atoms with Crippen LogP contribution in [0.15, 0.2) is 36.0 Å². The van der Waals surface area contributed by atoms with Gasteiger partial charge in [0.1, 0.15) is 0 Å².